The average molecular weight is 130 g/mol. The molecule has 2 unspecified atom stereocenters. The first-order valence-corrected chi connectivity index (χ1v) is 4.25. The van der Waals surface area contributed by atoms with Crippen LogP contribution >= 0.6 is 9.24 Å². The Morgan fingerprint density at radius 1 is 1.62 bits per heavy atom. The van der Waals surface area contributed by atoms with E-state index in [1.165, 1.54) is 25.7 Å². The fourth-order valence-electron chi connectivity index (χ4n) is 0.948. The minimum atomic E-state index is 0.905. The summed E-state index contributed by atoms with van der Waals surface area (Å²) in [6.45, 7) is 2.26. The predicted octanol–water partition coefficient (Wildman–Crippen LogP) is 2.44. The van der Waals surface area contributed by atoms with E-state index in [1.807, 2.05) is 0 Å². The van der Waals surface area contributed by atoms with Gasteiger partial charge in [-0.25, -0.2) is 0 Å². The van der Waals surface area contributed by atoms with E-state index in [0.29, 0.717) is 0 Å². The van der Waals surface area contributed by atoms with Gasteiger partial charge in [0, 0.05) is 0 Å². The Hall–Kier alpha value is 0.430. The molecule has 0 saturated heterocycles. The lowest BCUT2D eigenvalue weighted by molar-refractivity contribution is 0.670. The van der Waals surface area contributed by atoms with Crippen molar-refractivity contribution >= 4 is 9.24 Å². The second-order valence-corrected chi connectivity index (χ2v) is 3.79. The fourth-order valence-corrected chi connectivity index (χ4v) is 1.33. The van der Waals surface area contributed by atoms with Gasteiger partial charge in [0.15, 0.2) is 0 Å². The smallest absolute Gasteiger partial charge is 0.0264 e. The fraction of sp³-hybridized carbons (Fsp3) is 1.00. The molecule has 0 N–H and O–H groups in total. The van der Waals surface area contributed by atoms with Crippen LogP contribution in [0.25, 0.3) is 0 Å². The largest absolute Gasteiger partial charge is 0.134 e. The summed E-state index contributed by atoms with van der Waals surface area (Å²) in [5.74, 6) is 1.11. The van der Waals surface area contributed by atoms with Crippen LogP contribution in [-0.2, 0) is 0 Å². The molecule has 1 heteroatoms. The Kier molecular flexibility index (Phi) is 2.31. The highest BCUT2D eigenvalue weighted by Gasteiger charge is 2.22. The molecule has 1 aliphatic rings. The van der Waals surface area contributed by atoms with Gasteiger partial charge >= 0.3 is 0 Å². The standard InChI is InChI=1S/C7H15P/c1-2-7(8)5-6-3-4-6/h6-7H,2-5,8H2,1H3. The molecular weight excluding hydrogens is 115 g/mol. The molecule has 0 aromatic rings. The summed E-state index contributed by atoms with van der Waals surface area (Å²) >= 11 is 0. The van der Waals surface area contributed by atoms with Crippen LogP contribution in [0.1, 0.15) is 32.6 Å². The van der Waals surface area contributed by atoms with Gasteiger partial charge in [0.1, 0.15) is 0 Å². The molecule has 48 valence electrons. The molecule has 0 nitrogen and oxygen atoms in total. The summed E-state index contributed by atoms with van der Waals surface area (Å²) in [6, 6.07) is 0. The van der Waals surface area contributed by atoms with Gasteiger partial charge < -0.3 is 0 Å². The summed E-state index contributed by atoms with van der Waals surface area (Å²) in [5.41, 5.74) is 0.905. The lowest BCUT2D eigenvalue weighted by atomic mass is 10.2. The van der Waals surface area contributed by atoms with Gasteiger partial charge in [0.05, 0.1) is 0 Å². The molecule has 0 aliphatic heterocycles. The molecule has 0 bridgehead atoms. The maximum atomic E-state index is 2.92. The molecule has 0 amide bonds. The Labute approximate surface area is 54.3 Å². The number of hydrogen-bond acceptors (Lipinski definition) is 0. The van der Waals surface area contributed by atoms with E-state index in [-0.39, 0.29) is 0 Å². The van der Waals surface area contributed by atoms with E-state index in [0.717, 1.165) is 11.6 Å². The van der Waals surface area contributed by atoms with Gasteiger partial charge in [-0.05, 0) is 24.4 Å². The second kappa shape index (κ2) is 2.82. The first-order valence-electron chi connectivity index (χ1n) is 3.58. The van der Waals surface area contributed by atoms with Gasteiger partial charge in [-0.15, -0.1) is 9.24 Å². The SMILES string of the molecule is CCC(P)CC1CC1. The zero-order valence-electron chi connectivity index (χ0n) is 5.56. The normalized spacial score (nSPS) is 23.2. The van der Waals surface area contributed by atoms with Crippen LogP contribution in [0.5, 0.6) is 0 Å². The van der Waals surface area contributed by atoms with Crippen molar-refractivity contribution in [2.75, 3.05) is 0 Å². The third kappa shape index (κ3) is 2.13. The Balaban J connectivity index is 1.98. The Morgan fingerprint density at radius 3 is 2.62 bits per heavy atom. The molecular formula is C7H15P. The first-order chi connectivity index (χ1) is 3.83. The van der Waals surface area contributed by atoms with Crippen molar-refractivity contribution in [2.24, 2.45) is 5.92 Å². The highest BCUT2D eigenvalue weighted by molar-refractivity contribution is 7.17. The molecule has 1 aliphatic carbocycles. The van der Waals surface area contributed by atoms with Crippen LogP contribution in [-0.4, -0.2) is 5.66 Å². The molecule has 2 atom stereocenters. The summed E-state index contributed by atoms with van der Waals surface area (Å²) in [6.07, 6.45) is 5.80. The zero-order chi connectivity index (χ0) is 5.98. The van der Waals surface area contributed by atoms with Crippen molar-refractivity contribution < 1.29 is 0 Å². The Morgan fingerprint density at radius 2 is 2.25 bits per heavy atom. The topological polar surface area (TPSA) is 0 Å². The van der Waals surface area contributed by atoms with Crippen molar-refractivity contribution in [1.29, 1.82) is 0 Å². The maximum Gasteiger partial charge on any atom is -0.0264 e. The number of rotatable bonds is 3. The molecule has 1 saturated carbocycles. The minimum absolute atomic E-state index is 0.905. The summed E-state index contributed by atoms with van der Waals surface area (Å²) in [4.78, 5) is 0. The molecule has 1 fully saturated rings. The molecule has 0 aromatic heterocycles. The summed E-state index contributed by atoms with van der Waals surface area (Å²) in [7, 11) is 2.92. The van der Waals surface area contributed by atoms with Crippen LogP contribution in [0, 0.1) is 5.92 Å². The van der Waals surface area contributed by atoms with E-state index in [4.69, 9.17) is 0 Å². The monoisotopic (exact) mass is 130 g/mol. The highest BCUT2D eigenvalue weighted by atomic mass is 31.0. The highest BCUT2D eigenvalue weighted by Crippen LogP contribution is 2.35. The molecule has 0 aromatic carbocycles. The van der Waals surface area contributed by atoms with Crippen molar-refractivity contribution in [3.8, 4) is 0 Å². The van der Waals surface area contributed by atoms with E-state index >= 15 is 0 Å². The third-order valence-corrected chi connectivity index (χ3v) is 2.60. The van der Waals surface area contributed by atoms with Crippen LogP contribution in [0.3, 0.4) is 0 Å². The van der Waals surface area contributed by atoms with Crippen molar-refractivity contribution in [1.82, 2.24) is 0 Å². The van der Waals surface area contributed by atoms with Crippen LogP contribution in [0.2, 0.25) is 0 Å². The van der Waals surface area contributed by atoms with Gasteiger partial charge in [-0.3, -0.25) is 0 Å². The first kappa shape index (κ1) is 6.55. The summed E-state index contributed by atoms with van der Waals surface area (Å²) < 4.78 is 0. The van der Waals surface area contributed by atoms with E-state index in [9.17, 15) is 0 Å². The molecule has 1 rings (SSSR count). The lowest BCUT2D eigenvalue weighted by Gasteiger charge is -2.04. The average Bonchev–Trinajstić information content (AvgIpc) is 2.50. The maximum absolute atomic E-state index is 2.92. The molecule has 0 heterocycles. The van der Waals surface area contributed by atoms with E-state index < -0.39 is 0 Å². The summed E-state index contributed by atoms with van der Waals surface area (Å²) in [5, 5.41) is 0. The zero-order valence-corrected chi connectivity index (χ0v) is 6.72. The molecule has 0 radical (unpaired) electrons. The van der Waals surface area contributed by atoms with Gasteiger partial charge in [-0.1, -0.05) is 19.8 Å². The predicted molar refractivity (Wildman–Crippen MR) is 41.1 cm³/mol. The van der Waals surface area contributed by atoms with Crippen molar-refractivity contribution in [2.45, 2.75) is 38.3 Å². The lowest BCUT2D eigenvalue weighted by Crippen LogP contribution is -1.94. The second-order valence-electron chi connectivity index (χ2n) is 2.85. The number of hydrogen-bond donors (Lipinski definition) is 0. The minimum Gasteiger partial charge on any atom is -0.134 e. The quantitative estimate of drug-likeness (QED) is 0.515. The van der Waals surface area contributed by atoms with Gasteiger partial charge in [0.25, 0.3) is 0 Å². The van der Waals surface area contributed by atoms with Gasteiger partial charge in [0.2, 0.25) is 0 Å². The van der Waals surface area contributed by atoms with Crippen molar-refractivity contribution in [3.63, 3.8) is 0 Å². The van der Waals surface area contributed by atoms with Gasteiger partial charge in [-0.2, -0.15) is 0 Å². The molecule has 0 spiro atoms. The molecule has 8 heavy (non-hydrogen) atoms. The van der Waals surface area contributed by atoms with Crippen LogP contribution in [0.4, 0.5) is 0 Å². The van der Waals surface area contributed by atoms with Crippen LogP contribution < -0.4 is 0 Å². The van der Waals surface area contributed by atoms with E-state index in [1.54, 1.807) is 0 Å². The third-order valence-electron chi connectivity index (χ3n) is 1.86. The van der Waals surface area contributed by atoms with E-state index in [2.05, 4.69) is 16.2 Å². The Bertz CT molecular complexity index is 66.8. The van der Waals surface area contributed by atoms with Crippen molar-refractivity contribution in [3.05, 3.63) is 0 Å². The van der Waals surface area contributed by atoms with Crippen LogP contribution in [0.15, 0.2) is 0 Å².